The number of imide groups is 1. The van der Waals surface area contributed by atoms with E-state index in [0.29, 0.717) is 24.8 Å². The number of amides is 2. The van der Waals surface area contributed by atoms with Gasteiger partial charge in [0.1, 0.15) is 0 Å². The molecule has 1 unspecified atom stereocenters. The van der Waals surface area contributed by atoms with E-state index in [1.807, 2.05) is 39.6 Å². The summed E-state index contributed by atoms with van der Waals surface area (Å²) in [7, 11) is 1.94. The first-order chi connectivity index (χ1) is 15.5. The summed E-state index contributed by atoms with van der Waals surface area (Å²) in [6.07, 6.45) is 8.52. The fourth-order valence-corrected chi connectivity index (χ4v) is 4.67. The van der Waals surface area contributed by atoms with Crippen LogP contribution in [-0.2, 0) is 19.1 Å². The summed E-state index contributed by atoms with van der Waals surface area (Å²) >= 11 is 1.77. The maximum absolute atomic E-state index is 12.9. The van der Waals surface area contributed by atoms with Crippen LogP contribution < -0.4 is 11.1 Å². The minimum absolute atomic E-state index is 0.218. The number of hydrogen-bond acceptors (Lipinski definition) is 8. The van der Waals surface area contributed by atoms with Crippen LogP contribution in [0.1, 0.15) is 59.8 Å². The topological polar surface area (TPSA) is 97.1 Å². The smallest absolute Gasteiger partial charge is 0.252 e. The number of piperidine rings is 1. The third-order valence-corrected chi connectivity index (χ3v) is 7.70. The van der Waals surface area contributed by atoms with E-state index in [9.17, 15) is 9.59 Å². The molecule has 0 radical (unpaired) electrons. The molecule has 2 fully saturated rings. The van der Waals surface area contributed by atoms with Crippen molar-refractivity contribution in [3.8, 4) is 0 Å². The van der Waals surface area contributed by atoms with Gasteiger partial charge in [-0.25, -0.2) is 0 Å². The molecule has 0 aromatic carbocycles. The number of carbonyl (C=O) groups excluding carboxylic acids is 2. The van der Waals surface area contributed by atoms with Crippen molar-refractivity contribution in [1.29, 1.82) is 0 Å². The van der Waals surface area contributed by atoms with Gasteiger partial charge in [0, 0.05) is 43.4 Å². The molecule has 2 aliphatic heterocycles. The van der Waals surface area contributed by atoms with E-state index in [-0.39, 0.29) is 12.2 Å². The Morgan fingerprint density at radius 3 is 2.61 bits per heavy atom. The van der Waals surface area contributed by atoms with Crippen molar-refractivity contribution in [2.75, 3.05) is 46.2 Å². The van der Waals surface area contributed by atoms with Crippen molar-refractivity contribution in [1.82, 2.24) is 14.5 Å². The molecule has 2 heterocycles. The second-order valence-electron chi connectivity index (χ2n) is 10.4. The van der Waals surface area contributed by atoms with Crippen molar-refractivity contribution in [2.24, 2.45) is 17.1 Å². The molecular formula is C24H44N4O4S. The van der Waals surface area contributed by atoms with Gasteiger partial charge in [-0.2, -0.15) is 0 Å². The van der Waals surface area contributed by atoms with Crippen LogP contribution in [-0.4, -0.2) is 79.0 Å². The molecule has 0 aromatic heterocycles. The molecule has 3 N–H and O–H groups in total. The van der Waals surface area contributed by atoms with Crippen LogP contribution in [0.4, 0.5) is 0 Å². The Bertz CT molecular complexity index is 692. The van der Waals surface area contributed by atoms with E-state index < -0.39 is 16.9 Å². The van der Waals surface area contributed by atoms with Gasteiger partial charge in [0.15, 0.2) is 6.29 Å². The fourth-order valence-electron chi connectivity index (χ4n) is 4.00. The monoisotopic (exact) mass is 484 g/mol. The van der Waals surface area contributed by atoms with Crippen LogP contribution in [0.25, 0.3) is 0 Å². The molecule has 0 saturated carbocycles. The van der Waals surface area contributed by atoms with Crippen LogP contribution in [0.2, 0.25) is 0 Å². The molecule has 33 heavy (non-hydrogen) atoms. The first-order valence-electron chi connectivity index (χ1n) is 12.0. The van der Waals surface area contributed by atoms with Crippen LogP contribution in [0, 0.1) is 11.3 Å². The molecule has 9 heteroatoms. The summed E-state index contributed by atoms with van der Waals surface area (Å²) < 4.78 is 13.8. The summed E-state index contributed by atoms with van der Waals surface area (Å²) in [5.74, 6) is -0.336. The summed E-state index contributed by atoms with van der Waals surface area (Å²) in [5, 5.41) is 2.51. The standard InChI is InChI=1S/C24H44N4O4S/c1-23(2,17-32-21-11-7-8-13-31-21)19(25)14-20(29)26-22(30)24(3,4)27(5)15-18-10-9-12-28(16-18)33-6/h14,18,21H,7-13,15-17,25H2,1-6H3,(H,26,29,30)/t18-,21?/m1/s1. The Labute approximate surface area is 204 Å². The second-order valence-corrected chi connectivity index (χ2v) is 11.3. The normalized spacial score (nSPS) is 23.5. The van der Waals surface area contributed by atoms with Crippen LogP contribution in [0.5, 0.6) is 0 Å². The van der Waals surface area contributed by atoms with Gasteiger partial charge in [-0.05, 0) is 65.2 Å². The molecule has 2 rings (SSSR count). The first-order valence-corrected chi connectivity index (χ1v) is 13.2. The number of carbonyl (C=O) groups is 2. The number of ether oxygens (including phenoxy) is 2. The predicted octanol–water partition coefficient (Wildman–Crippen LogP) is 2.74. The van der Waals surface area contributed by atoms with E-state index in [1.165, 1.54) is 12.5 Å². The minimum atomic E-state index is -0.823. The lowest BCUT2D eigenvalue weighted by molar-refractivity contribution is -0.173. The zero-order chi connectivity index (χ0) is 24.6. The van der Waals surface area contributed by atoms with Gasteiger partial charge >= 0.3 is 0 Å². The molecule has 190 valence electrons. The minimum Gasteiger partial charge on any atom is -0.401 e. The zero-order valence-electron chi connectivity index (χ0n) is 21.3. The molecule has 0 spiro atoms. The molecule has 2 atom stereocenters. The SMILES string of the molecule is CSN1CCC[C@H](CN(C)C(C)(C)C(=O)NC(=O)C=C(N)C(C)(C)COC2CCCCO2)C1. The highest BCUT2D eigenvalue weighted by Crippen LogP contribution is 2.26. The summed E-state index contributed by atoms with van der Waals surface area (Å²) in [6, 6.07) is 0. The van der Waals surface area contributed by atoms with Gasteiger partial charge in [0.05, 0.1) is 12.1 Å². The van der Waals surface area contributed by atoms with Gasteiger partial charge in [0.2, 0.25) is 5.91 Å². The van der Waals surface area contributed by atoms with Crippen molar-refractivity contribution in [2.45, 2.75) is 71.6 Å². The summed E-state index contributed by atoms with van der Waals surface area (Å²) in [5.41, 5.74) is 5.20. The fraction of sp³-hybridized carbons (Fsp3) is 0.833. The van der Waals surface area contributed by atoms with Gasteiger partial charge < -0.3 is 15.2 Å². The van der Waals surface area contributed by atoms with Gasteiger partial charge in [-0.3, -0.25) is 24.1 Å². The van der Waals surface area contributed by atoms with E-state index in [4.69, 9.17) is 15.2 Å². The highest BCUT2D eigenvalue weighted by molar-refractivity contribution is 7.96. The average Bonchev–Trinajstić information content (AvgIpc) is 2.78. The molecule has 2 saturated heterocycles. The number of hydrogen-bond donors (Lipinski definition) is 2. The number of nitrogens with two attached hydrogens (primary N) is 1. The Balaban J connectivity index is 1.88. The Kier molecular flexibility index (Phi) is 10.7. The first kappa shape index (κ1) is 28.1. The predicted molar refractivity (Wildman–Crippen MR) is 133 cm³/mol. The summed E-state index contributed by atoms with van der Waals surface area (Å²) in [6.45, 7) is 11.5. The third-order valence-electron chi connectivity index (χ3n) is 6.85. The van der Waals surface area contributed by atoms with Gasteiger partial charge in [-0.15, -0.1) is 0 Å². The molecule has 8 nitrogen and oxygen atoms in total. The van der Waals surface area contributed by atoms with Gasteiger partial charge in [-0.1, -0.05) is 25.8 Å². The Morgan fingerprint density at radius 2 is 1.97 bits per heavy atom. The van der Waals surface area contributed by atoms with E-state index in [1.54, 1.807) is 11.9 Å². The Morgan fingerprint density at radius 1 is 1.24 bits per heavy atom. The van der Waals surface area contributed by atoms with E-state index in [2.05, 4.69) is 15.9 Å². The molecule has 2 amide bonds. The van der Waals surface area contributed by atoms with Crippen LogP contribution >= 0.6 is 11.9 Å². The van der Waals surface area contributed by atoms with Crippen LogP contribution in [0.15, 0.2) is 11.8 Å². The number of likely N-dealkylation sites (N-methyl/N-ethyl adjacent to an activating group) is 1. The van der Waals surface area contributed by atoms with Crippen molar-refractivity contribution < 1.29 is 19.1 Å². The molecule has 2 aliphatic rings. The Hall–Kier alpha value is -1.13. The maximum atomic E-state index is 12.9. The van der Waals surface area contributed by atoms with Gasteiger partial charge in [0.25, 0.3) is 5.91 Å². The zero-order valence-corrected chi connectivity index (χ0v) is 22.1. The molecule has 0 bridgehead atoms. The quantitative estimate of drug-likeness (QED) is 0.361. The molecular weight excluding hydrogens is 440 g/mol. The van der Waals surface area contributed by atoms with Crippen molar-refractivity contribution in [3.63, 3.8) is 0 Å². The van der Waals surface area contributed by atoms with Crippen molar-refractivity contribution >= 4 is 23.8 Å². The molecule has 0 aliphatic carbocycles. The number of nitrogens with zero attached hydrogens (tertiary/aromatic N) is 2. The number of nitrogens with one attached hydrogen (secondary N) is 1. The van der Waals surface area contributed by atoms with Crippen molar-refractivity contribution in [3.05, 3.63) is 11.8 Å². The second kappa shape index (κ2) is 12.5. The highest BCUT2D eigenvalue weighted by Gasteiger charge is 2.35. The maximum Gasteiger partial charge on any atom is 0.252 e. The molecule has 0 aromatic rings. The largest absolute Gasteiger partial charge is 0.401 e. The highest BCUT2D eigenvalue weighted by atomic mass is 32.2. The average molecular weight is 485 g/mol. The lowest BCUT2D eigenvalue weighted by Gasteiger charge is -2.39. The van der Waals surface area contributed by atoms with Crippen LogP contribution in [0.3, 0.4) is 0 Å². The summed E-state index contributed by atoms with van der Waals surface area (Å²) in [4.78, 5) is 27.6. The lowest BCUT2D eigenvalue weighted by atomic mass is 9.90. The number of rotatable bonds is 10. The lowest BCUT2D eigenvalue weighted by Crippen LogP contribution is -2.56. The van der Waals surface area contributed by atoms with E-state index in [0.717, 1.165) is 45.3 Å². The third kappa shape index (κ3) is 8.55. The van der Waals surface area contributed by atoms with E-state index >= 15 is 0 Å².